The summed E-state index contributed by atoms with van der Waals surface area (Å²) < 4.78 is 24.3. The molecule has 0 saturated carbocycles. The SMILES string of the molecule is CC(C)(C)[Si](C)(C)O[C@H]1[C@@H]2O[C@H](c3ccccc3)OC[C@H]2[OH+]C[C@@H]1I. The number of alkyl halides is 1. The van der Waals surface area contributed by atoms with Gasteiger partial charge in [-0.3, -0.25) is 0 Å². The highest BCUT2D eigenvalue weighted by molar-refractivity contribution is 14.1. The largest absolute Gasteiger partial charge is 0.427 e. The van der Waals surface area contributed by atoms with Gasteiger partial charge in [0.1, 0.15) is 10.5 Å². The van der Waals surface area contributed by atoms with E-state index in [1.54, 1.807) is 0 Å². The van der Waals surface area contributed by atoms with Crippen LogP contribution in [0.1, 0.15) is 32.6 Å². The molecule has 2 heterocycles. The minimum Gasteiger partial charge on any atom is -0.427 e. The van der Waals surface area contributed by atoms with Gasteiger partial charge in [0.25, 0.3) is 0 Å². The first-order valence-corrected chi connectivity index (χ1v) is 13.1. The summed E-state index contributed by atoms with van der Waals surface area (Å²) in [6.07, 6.45) is -0.228. The Morgan fingerprint density at radius 2 is 1.88 bits per heavy atom. The molecule has 0 amide bonds. The van der Waals surface area contributed by atoms with Crippen LogP contribution in [0.15, 0.2) is 30.3 Å². The summed E-state index contributed by atoms with van der Waals surface area (Å²) in [6, 6.07) is 10.1. The molecule has 25 heavy (non-hydrogen) atoms. The van der Waals surface area contributed by atoms with Crippen LogP contribution in [0.5, 0.6) is 0 Å². The van der Waals surface area contributed by atoms with Crippen LogP contribution >= 0.6 is 22.6 Å². The highest BCUT2D eigenvalue weighted by Crippen LogP contribution is 2.41. The Kier molecular flexibility index (Phi) is 5.97. The van der Waals surface area contributed by atoms with Crippen molar-refractivity contribution in [3.8, 4) is 0 Å². The second kappa shape index (κ2) is 7.56. The van der Waals surface area contributed by atoms with E-state index in [0.717, 1.165) is 12.2 Å². The van der Waals surface area contributed by atoms with Crippen molar-refractivity contribution < 1.29 is 18.6 Å². The van der Waals surface area contributed by atoms with Crippen LogP contribution in [0.4, 0.5) is 0 Å². The van der Waals surface area contributed by atoms with Crippen molar-refractivity contribution in [2.45, 2.75) is 67.4 Å². The Balaban J connectivity index is 1.79. The molecule has 2 saturated heterocycles. The van der Waals surface area contributed by atoms with Crippen molar-refractivity contribution >= 4 is 30.9 Å². The lowest BCUT2D eigenvalue weighted by atomic mass is 10.0. The molecule has 0 radical (unpaired) electrons. The lowest BCUT2D eigenvalue weighted by molar-refractivity contribution is -0.329. The zero-order valence-electron chi connectivity index (χ0n) is 15.7. The molecule has 2 aliphatic rings. The number of halogens is 1. The van der Waals surface area contributed by atoms with Gasteiger partial charge >= 0.3 is 0 Å². The third kappa shape index (κ3) is 4.30. The summed E-state index contributed by atoms with van der Waals surface area (Å²) in [5, 5.41) is 0.178. The summed E-state index contributed by atoms with van der Waals surface area (Å²) in [5.74, 6) is 0. The van der Waals surface area contributed by atoms with Gasteiger partial charge in [-0.05, 0) is 18.1 Å². The van der Waals surface area contributed by atoms with Gasteiger partial charge in [-0.25, -0.2) is 0 Å². The van der Waals surface area contributed by atoms with E-state index in [4.69, 9.17) is 18.6 Å². The van der Waals surface area contributed by atoms with Crippen LogP contribution in [0.2, 0.25) is 18.1 Å². The van der Waals surface area contributed by atoms with Crippen LogP contribution in [0.3, 0.4) is 0 Å². The monoisotopic (exact) mass is 477 g/mol. The van der Waals surface area contributed by atoms with E-state index >= 15 is 0 Å². The van der Waals surface area contributed by atoms with Crippen LogP contribution < -0.4 is 0 Å². The molecule has 0 bridgehead atoms. The smallest absolute Gasteiger partial charge is 0.208 e. The number of hydrogen-bond acceptors (Lipinski definition) is 3. The van der Waals surface area contributed by atoms with E-state index < -0.39 is 8.32 Å². The first-order valence-electron chi connectivity index (χ1n) is 8.99. The lowest BCUT2D eigenvalue weighted by Crippen LogP contribution is -2.62. The van der Waals surface area contributed by atoms with E-state index in [-0.39, 0.29) is 29.6 Å². The average Bonchev–Trinajstić information content (AvgIpc) is 2.57. The molecule has 4 nitrogen and oxygen atoms in total. The van der Waals surface area contributed by atoms with Crippen LogP contribution in [0, 0.1) is 0 Å². The predicted molar refractivity (Wildman–Crippen MR) is 111 cm³/mol. The fourth-order valence-electron chi connectivity index (χ4n) is 3.00. The Labute approximate surface area is 165 Å². The van der Waals surface area contributed by atoms with E-state index in [2.05, 4.69) is 68.6 Å². The van der Waals surface area contributed by atoms with Crippen molar-refractivity contribution in [3.05, 3.63) is 35.9 Å². The molecule has 5 atom stereocenters. The maximum atomic E-state index is 6.80. The topological polar surface area (TPSA) is 40.5 Å². The van der Waals surface area contributed by atoms with Gasteiger partial charge in [-0.15, -0.1) is 0 Å². The Bertz CT molecular complexity index is 575. The number of rotatable bonds is 3. The average molecular weight is 477 g/mol. The molecule has 1 aromatic rings. The van der Waals surface area contributed by atoms with E-state index in [1.807, 2.05) is 18.2 Å². The zero-order chi connectivity index (χ0) is 18.2. The standard InChI is InChI=1S/C19H29IO4Si/c1-19(2,3)25(4,5)24-16-14(20)11-21-15-12-22-18(23-17(15)16)13-9-7-6-8-10-13/h6-10,14-18H,11-12H2,1-5H3/p+1/t14-,15+,16+,17+,18+/m0/s1. The zero-order valence-corrected chi connectivity index (χ0v) is 18.9. The van der Waals surface area contributed by atoms with Gasteiger partial charge in [0.2, 0.25) is 6.10 Å². The van der Waals surface area contributed by atoms with E-state index in [1.165, 1.54) is 0 Å². The molecule has 140 valence electrons. The molecular weight excluding hydrogens is 447 g/mol. The van der Waals surface area contributed by atoms with Crippen LogP contribution in [0.25, 0.3) is 0 Å². The highest BCUT2D eigenvalue weighted by Gasteiger charge is 2.52. The number of benzene rings is 1. The predicted octanol–water partition coefficient (Wildman–Crippen LogP) is 4.20. The molecule has 2 fully saturated rings. The first-order chi connectivity index (χ1) is 11.7. The highest BCUT2D eigenvalue weighted by atomic mass is 127. The van der Waals surface area contributed by atoms with Gasteiger partial charge in [-0.1, -0.05) is 73.7 Å². The van der Waals surface area contributed by atoms with Gasteiger partial charge < -0.3 is 18.6 Å². The van der Waals surface area contributed by atoms with Crippen molar-refractivity contribution in [1.29, 1.82) is 0 Å². The van der Waals surface area contributed by atoms with Crippen LogP contribution in [-0.2, 0) is 13.9 Å². The molecule has 2 aliphatic heterocycles. The maximum absolute atomic E-state index is 6.80. The summed E-state index contributed by atoms with van der Waals surface area (Å²) in [7, 11) is -1.88. The van der Waals surface area contributed by atoms with Crippen molar-refractivity contribution in [2.24, 2.45) is 0 Å². The molecule has 1 N–H and O–H groups in total. The quantitative estimate of drug-likeness (QED) is 0.284. The summed E-state index contributed by atoms with van der Waals surface area (Å²) in [5.41, 5.74) is 1.06. The Morgan fingerprint density at radius 3 is 2.52 bits per heavy atom. The second-order valence-electron chi connectivity index (χ2n) is 8.47. The number of fused-ring (bicyclic) bond motifs is 1. The fourth-order valence-corrected chi connectivity index (χ4v) is 5.39. The third-order valence-electron chi connectivity index (χ3n) is 5.58. The summed E-state index contributed by atoms with van der Waals surface area (Å²) in [6.45, 7) is 12.9. The van der Waals surface area contributed by atoms with Crippen molar-refractivity contribution in [1.82, 2.24) is 0 Å². The summed E-state index contributed by atoms with van der Waals surface area (Å²) in [4.78, 5) is 0. The number of aliphatic hydroxyl groups is 2. The third-order valence-corrected chi connectivity index (χ3v) is 11.2. The first kappa shape index (κ1) is 19.8. The van der Waals surface area contributed by atoms with Crippen LogP contribution in [-0.4, -0.2) is 48.5 Å². The maximum Gasteiger partial charge on any atom is 0.208 e. The van der Waals surface area contributed by atoms with E-state index in [9.17, 15) is 0 Å². The van der Waals surface area contributed by atoms with Gasteiger partial charge in [0, 0.05) is 5.56 Å². The lowest BCUT2D eigenvalue weighted by Gasteiger charge is -2.47. The molecule has 0 aliphatic carbocycles. The number of ether oxygens (including phenoxy) is 3. The Hall–Kier alpha value is 0.00688. The summed E-state index contributed by atoms with van der Waals surface area (Å²) >= 11 is 2.48. The molecule has 0 aromatic heterocycles. The van der Waals surface area contributed by atoms with Gasteiger partial charge in [0.15, 0.2) is 27.3 Å². The minimum atomic E-state index is -1.88. The molecule has 1 aromatic carbocycles. The van der Waals surface area contributed by atoms with Gasteiger partial charge in [0.05, 0.1) is 6.10 Å². The molecule has 0 unspecified atom stereocenters. The van der Waals surface area contributed by atoms with Gasteiger partial charge in [-0.2, -0.15) is 0 Å². The molecule has 3 rings (SSSR count). The van der Waals surface area contributed by atoms with Crippen molar-refractivity contribution in [3.63, 3.8) is 0 Å². The second-order valence-corrected chi connectivity index (χ2v) is 14.8. The van der Waals surface area contributed by atoms with E-state index in [0.29, 0.717) is 10.5 Å². The number of hydrogen-bond donors (Lipinski definition) is 0. The Morgan fingerprint density at radius 1 is 1.20 bits per heavy atom. The molecule has 6 heteroatoms. The van der Waals surface area contributed by atoms with Crippen molar-refractivity contribution in [2.75, 3.05) is 13.2 Å². The molecular formula is C19H30IO4Si+. The fraction of sp³-hybridized carbons (Fsp3) is 0.684. The minimum absolute atomic E-state index is 0.0382. The normalized spacial score (nSPS) is 33.8. The molecule has 0 spiro atoms.